The molecule has 1 N–H and O–H groups in total. The highest BCUT2D eigenvalue weighted by Crippen LogP contribution is 2.29. The lowest BCUT2D eigenvalue weighted by molar-refractivity contribution is -0.132. The molecule has 0 saturated carbocycles. The van der Waals surface area contributed by atoms with Crippen LogP contribution >= 0.6 is 0 Å². The normalized spacial score (nSPS) is 11.9. The van der Waals surface area contributed by atoms with Gasteiger partial charge < -0.3 is 19.5 Å². The predicted molar refractivity (Wildman–Crippen MR) is 116 cm³/mol. The third-order valence-corrected chi connectivity index (χ3v) is 4.57. The Balaban J connectivity index is 1.86. The highest BCUT2D eigenvalue weighted by Gasteiger charge is 2.18. The molecule has 1 atom stereocenters. The average Bonchev–Trinajstić information content (AvgIpc) is 2.72. The van der Waals surface area contributed by atoms with Gasteiger partial charge in [-0.15, -0.1) is 0 Å². The van der Waals surface area contributed by atoms with Gasteiger partial charge in [-0.2, -0.15) is 0 Å². The smallest absolute Gasteiger partial charge is 0.249 e. The molecule has 6 heteroatoms. The van der Waals surface area contributed by atoms with Gasteiger partial charge in [0.1, 0.15) is 11.9 Å². The molecule has 2 aromatic carbocycles. The number of aryl methyl sites for hydroxylation is 1. The molecule has 2 rings (SSSR count). The van der Waals surface area contributed by atoms with Crippen LogP contribution in [0.15, 0.2) is 42.5 Å². The Morgan fingerprint density at radius 1 is 1.03 bits per heavy atom. The number of nitrogens with one attached hydrogen (secondary N) is 1. The number of ether oxygens (including phenoxy) is 3. The topological polar surface area (TPSA) is 56.8 Å². The highest BCUT2D eigenvalue weighted by molar-refractivity contribution is 5.80. The van der Waals surface area contributed by atoms with Crippen molar-refractivity contribution in [2.24, 2.45) is 0 Å². The molecule has 164 valence electrons. The van der Waals surface area contributed by atoms with Gasteiger partial charge in [-0.25, -0.2) is 4.39 Å². The Bertz CT molecular complexity index is 792. The van der Waals surface area contributed by atoms with Gasteiger partial charge in [0.15, 0.2) is 11.5 Å². The zero-order valence-electron chi connectivity index (χ0n) is 18.2. The number of amides is 1. The largest absolute Gasteiger partial charge is 0.493 e. The minimum absolute atomic E-state index is 0.0643. The first-order valence-corrected chi connectivity index (χ1v) is 10.4. The quantitative estimate of drug-likeness (QED) is 0.559. The molecule has 0 radical (unpaired) electrons. The van der Waals surface area contributed by atoms with E-state index < -0.39 is 6.10 Å². The molecule has 0 unspecified atom stereocenters. The molecule has 30 heavy (non-hydrogen) atoms. The number of hydrogen-bond acceptors (Lipinski definition) is 4. The molecular weight excluding hydrogens is 385 g/mol. The molecule has 1 amide bonds. The van der Waals surface area contributed by atoms with Crippen LogP contribution in [0, 0.1) is 5.82 Å². The maximum absolute atomic E-state index is 13.0. The number of carbonyl (C=O) groups excluding carboxylic acids is 1. The summed E-state index contributed by atoms with van der Waals surface area (Å²) in [4.78, 5) is 12.6. The SMILES string of the molecule is CCO[C@H](CCc1ccc(F)cc1)C(=O)NCCc1ccc(OC(C)C)c(OC)c1. The van der Waals surface area contributed by atoms with Crippen LogP contribution in [0.1, 0.15) is 38.3 Å². The number of benzene rings is 2. The third kappa shape index (κ3) is 7.67. The molecule has 0 bridgehead atoms. The summed E-state index contributed by atoms with van der Waals surface area (Å²) in [6.45, 7) is 6.75. The maximum Gasteiger partial charge on any atom is 0.249 e. The fourth-order valence-electron chi connectivity index (χ4n) is 3.10. The second-order valence-electron chi connectivity index (χ2n) is 7.30. The Labute approximate surface area is 178 Å². The van der Waals surface area contributed by atoms with Crippen molar-refractivity contribution in [3.63, 3.8) is 0 Å². The zero-order valence-corrected chi connectivity index (χ0v) is 18.2. The lowest BCUT2D eigenvalue weighted by atomic mass is 10.1. The molecule has 0 aliphatic rings. The van der Waals surface area contributed by atoms with Gasteiger partial charge in [-0.1, -0.05) is 18.2 Å². The number of halogens is 1. The summed E-state index contributed by atoms with van der Waals surface area (Å²) in [6.07, 6.45) is 1.39. The van der Waals surface area contributed by atoms with E-state index in [2.05, 4.69) is 5.32 Å². The van der Waals surface area contributed by atoms with Crippen LogP contribution < -0.4 is 14.8 Å². The van der Waals surface area contributed by atoms with E-state index in [0.717, 1.165) is 11.1 Å². The number of methoxy groups -OCH3 is 1. The van der Waals surface area contributed by atoms with Gasteiger partial charge >= 0.3 is 0 Å². The van der Waals surface area contributed by atoms with Gasteiger partial charge in [-0.3, -0.25) is 4.79 Å². The fraction of sp³-hybridized carbons (Fsp3) is 0.458. The predicted octanol–water partition coefficient (Wildman–Crippen LogP) is 4.32. The molecule has 0 heterocycles. The van der Waals surface area contributed by atoms with Crippen molar-refractivity contribution in [2.75, 3.05) is 20.3 Å². The van der Waals surface area contributed by atoms with E-state index in [1.165, 1.54) is 12.1 Å². The number of rotatable bonds is 12. The van der Waals surface area contributed by atoms with Crippen molar-refractivity contribution in [1.29, 1.82) is 0 Å². The Morgan fingerprint density at radius 3 is 2.37 bits per heavy atom. The van der Waals surface area contributed by atoms with E-state index in [1.807, 2.05) is 39.0 Å². The summed E-state index contributed by atoms with van der Waals surface area (Å²) in [5.74, 6) is 0.987. The summed E-state index contributed by atoms with van der Waals surface area (Å²) in [5.41, 5.74) is 2.02. The molecule has 5 nitrogen and oxygen atoms in total. The van der Waals surface area contributed by atoms with Crippen molar-refractivity contribution in [1.82, 2.24) is 5.32 Å². The zero-order chi connectivity index (χ0) is 21.9. The average molecular weight is 418 g/mol. The second kappa shape index (κ2) is 12.2. The van der Waals surface area contributed by atoms with Crippen LogP contribution in [-0.2, 0) is 22.4 Å². The van der Waals surface area contributed by atoms with Crippen LogP contribution in [-0.4, -0.2) is 38.4 Å². The maximum atomic E-state index is 13.0. The Kier molecular flexibility index (Phi) is 9.61. The summed E-state index contributed by atoms with van der Waals surface area (Å²) < 4.78 is 29.8. The van der Waals surface area contributed by atoms with Crippen LogP contribution in [0.4, 0.5) is 4.39 Å². The van der Waals surface area contributed by atoms with Crippen molar-refractivity contribution >= 4 is 5.91 Å². The highest BCUT2D eigenvalue weighted by atomic mass is 19.1. The standard InChI is InChI=1S/C24H32FNO4/c1-5-29-22(13-8-18-6-10-20(25)11-7-18)24(27)26-15-14-19-9-12-21(30-17(2)3)23(16-19)28-4/h6-7,9-12,16-17,22H,5,8,13-15H2,1-4H3,(H,26,27)/t22-/m1/s1. The molecule has 0 spiro atoms. The lowest BCUT2D eigenvalue weighted by Crippen LogP contribution is -2.37. The molecule has 0 saturated heterocycles. The van der Waals surface area contributed by atoms with E-state index in [0.29, 0.717) is 43.9 Å². The minimum Gasteiger partial charge on any atom is -0.493 e. The minimum atomic E-state index is -0.531. The summed E-state index contributed by atoms with van der Waals surface area (Å²) in [5, 5.41) is 2.95. The second-order valence-corrected chi connectivity index (χ2v) is 7.30. The van der Waals surface area contributed by atoms with E-state index in [4.69, 9.17) is 14.2 Å². The third-order valence-electron chi connectivity index (χ3n) is 4.57. The van der Waals surface area contributed by atoms with Crippen molar-refractivity contribution < 1.29 is 23.4 Å². The Morgan fingerprint density at radius 2 is 1.73 bits per heavy atom. The summed E-state index contributed by atoms with van der Waals surface area (Å²) >= 11 is 0. The molecule has 0 aliphatic heterocycles. The van der Waals surface area contributed by atoms with Crippen LogP contribution in [0.25, 0.3) is 0 Å². The van der Waals surface area contributed by atoms with Gasteiger partial charge in [-0.05, 0) is 75.4 Å². The molecular formula is C24H32FNO4. The van der Waals surface area contributed by atoms with E-state index in [1.54, 1.807) is 19.2 Å². The lowest BCUT2D eigenvalue weighted by Gasteiger charge is -2.17. The van der Waals surface area contributed by atoms with Gasteiger partial charge in [0.25, 0.3) is 0 Å². The van der Waals surface area contributed by atoms with Crippen LogP contribution in [0.3, 0.4) is 0 Å². The number of hydrogen-bond donors (Lipinski definition) is 1. The first kappa shape index (κ1) is 23.7. The summed E-state index contributed by atoms with van der Waals surface area (Å²) in [7, 11) is 1.61. The van der Waals surface area contributed by atoms with E-state index >= 15 is 0 Å². The van der Waals surface area contributed by atoms with Gasteiger partial charge in [0.2, 0.25) is 5.91 Å². The van der Waals surface area contributed by atoms with Crippen LogP contribution in [0.5, 0.6) is 11.5 Å². The van der Waals surface area contributed by atoms with Crippen molar-refractivity contribution in [3.8, 4) is 11.5 Å². The monoisotopic (exact) mass is 417 g/mol. The van der Waals surface area contributed by atoms with Gasteiger partial charge in [0.05, 0.1) is 13.2 Å². The molecule has 0 fully saturated rings. The van der Waals surface area contributed by atoms with Crippen molar-refractivity contribution in [3.05, 3.63) is 59.4 Å². The molecule has 0 aliphatic carbocycles. The van der Waals surface area contributed by atoms with E-state index in [9.17, 15) is 9.18 Å². The molecule has 0 aromatic heterocycles. The molecule has 2 aromatic rings. The van der Waals surface area contributed by atoms with Gasteiger partial charge in [0, 0.05) is 13.2 Å². The van der Waals surface area contributed by atoms with Crippen molar-refractivity contribution in [2.45, 2.75) is 52.2 Å². The van der Waals surface area contributed by atoms with E-state index in [-0.39, 0.29) is 17.8 Å². The first-order valence-electron chi connectivity index (χ1n) is 10.4. The first-order chi connectivity index (χ1) is 14.4. The Hall–Kier alpha value is -2.60. The fourth-order valence-corrected chi connectivity index (χ4v) is 3.10. The summed E-state index contributed by atoms with van der Waals surface area (Å²) in [6, 6.07) is 12.1. The van der Waals surface area contributed by atoms with Crippen LogP contribution in [0.2, 0.25) is 0 Å². The number of carbonyl (C=O) groups is 1.